The van der Waals surface area contributed by atoms with Gasteiger partial charge in [-0.2, -0.15) is 0 Å². The Bertz CT molecular complexity index is 166. The molecule has 0 radical (unpaired) electrons. The average Bonchev–Trinajstić information content (AvgIpc) is 2.18. The van der Waals surface area contributed by atoms with Crippen molar-refractivity contribution in [1.29, 1.82) is 0 Å². The number of likely N-dealkylation sites (N-methyl/N-ethyl adjacent to an activating group) is 1. The van der Waals surface area contributed by atoms with E-state index in [1.807, 2.05) is 11.9 Å². The van der Waals surface area contributed by atoms with Gasteiger partial charge >= 0.3 is 6.03 Å². The molecule has 0 aromatic heterocycles. The van der Waals surface area contributed by atoms with E-state index in [2.05, 4.69) is 0 Å². The van der Waals surface area contributed by atoms with E-state index in [0.29, 0.717) is 13.1 Å². The van der Waals surface area contributed by atoms with Crippen molar-refractivity contribution in [2.45, 2.75) is 19.3 Å². The molecule has 1 rings (SSSR count). The van der Waals surface area contributed by atoms with E-state index >= 15 is 0 Å². The van der Waals surface area contributed by atoms with Gasteiger partial charge in [-0.05, 0) is 19.3 Å². The van der Waals surface area contributed by atoms with Gasteiger partial charge in [0, 0.05) is 33.2 Å². The molecule has 0 atom stereocenters. The third-order valence-electron chi connectivity index (χ3n) is 2.42. The monoisotopic (exact) mass is 185 g/mol. The zero-order valence-electron chi connectivity index (χ0n) is 8.33. The molecule has 76 valence electrons. The Morgan fingerprint density at radius 3 is 2.54 bits per heavy atom. The first-order valence-corrected chi connectivity index (χ1v) is 4.96. The summed E-state index contributed by atoms with van der Waals surface area (Å²) < 4.78 is 0. The summed E-state index contributed by atoms with van der Waals surface area (Å²) in [5, 5.41) is 0. The molecule has 1 fully saturated rings. The first-order valence-electron chi connectivity index (χ1n) is 4.96. The lowest BCUT2D eigenvalue weighted by Crippen LogP contribution is -2.45. The third kappa shape index (κ3) is 2.88. The van der Waals surface area contributed by atoms with Gasteiger partial charge in [0.1, 0.15) is 0 Å². The van der Waals surface area contributed by atoms with Crippen molar-refractivity contribution in [3.05, 3.63) is 0 Å². The molecule has 2 N–H and O–H groups in total. The van der Waals surface area contributed by atoms with Crippen LogP contribution < -0.4 is 5.73 Å². The number of urea groups is 1. The molecule has 0 aliphatic carbocycles. The van der Waals surface area contributed by atoms with Crippen LogP contribution in [-0.4, -0.2) is 49.1 Å². The van der Waals surface area contributed by atoms with Crippen LogP contribution >= 0.6 is 0 Å². The third-order valence-corrected chi connectivity index (χ3v) is 2.42. The molecule has 0 aromatic rings. The highest BCUT2D eigenvalue weighted by Gasteiger charge is 2.18. The molecule has 0 saturated carbocycles. The Balaban J connectivity index is 2.36. The fraction of sp³-hybridized carbons (Fsp3) is 0.889. The van der Waals surface area contributed by atoms with Gasteiger partial charge in [-0.25, -0.2) is 4.79 Å². The van der Waals surface area contributed by atoms with Crippen molar-refractivity contribution < 1.29 is 4.79 Å². The van der Waals surface area contributed by atoms with Gasteiger partial charge in [0.15, 0.2) is 0 Å². The summed E-state index contributed by atoms with van der Waals surface area (Å²) in [5.41, 5.74) is 5.38. The summed E-state index contributed by atoms with van der Waals surface area (Å²) in [6.45, 7) is 3.01. The fourth-order valence-electron chi connectivity index (χ4n) is 1.62. The maximum Gasteiger partial charge on any atom is 0.319 e. The molecular weight excluding hydrogens is 166 g/mol. The Morgan fingerprint density at radius 2 is 2.00 bits per heavy atom. The number of amides is 2. The second-order valence-corrected chi connectivity index (χ2v) is 3.54. The van der Waals surface area contributed by atoms with Gasteiger partial charge in [0.25, 0.3) is 0 Å². The van der Waals surface area contributed by atoms with E-state index in [1.165, 1.54) is 6.42 Å². The molecule has 1 heterocycles. The van der Waals surface area contributed by atoms with Crippen molar-refractivity contribution in [3.8, 4) is 0 Å². The number of nitrogens with two attached hydrogens (primary N) is 1. The van der Waals surface area contributed by atoms with Crippen LogP contribution in [0.25, 0.3) is 0 Å². The summed E-state index contributed by atoms with van der Waals surface area (Å²) in [6.07, 6.45) is 3.54. The van der Waals surface area contributed by atoms with Gasteiger partial charge in [-0.1, -0.05) is 0 Å². The lowest BCUT2D eigenvalue weighted by atomic mass is 10.1. The summed E-state index contributed by atoms with van der Waals surface area (Å²) in [7, 11) is 1.81. The minimum atomic E-state index is 0.130. The van der Waals surface area contributed by atoms with Crippen LogP contribution in [0.4, 0.5) is 4.79 Å². The minimum Gasteiger partial charge on any atom is -0.329 e. The molecule has 0 spiro atoms. The number of nitrogens with zero attached hydrogens (tertiary/aromatic N) is 2. The van der Waals surface area contributed by atoms with Crippen molar-refractivity contribution in [2.24, 2.45) is 5.73 Å². The number of hydrogen-bond acceptors (Lipinski definition) is 2. The van der Waals surface area contributed by atoms with E-state index in [0.717, 1.165) is 25.9 Å². The maximum absolute atomic E-state index is 11.7. The molecule has 4 nitrogen and oxygen atoms in total. The van der Waals surface area contributed by atoms with Crippen LogP contribution in [0.15, 0.2) is 0 Å². The van der Waals surface area contributed by atoms with E-state index < -0.39 is 0 Å². The molecule has 1 aliphatic rings. The predicted octanol–water partition coefficient (Wildman–Crippen LogP) is 0.483. The van der Waals surface area contributed by atoms with E-state index in [9.17, 15) is 4.79 Å². The highest BCUT2D eigenvalue weighted by atomic mass is 16.2. The molecule has 0 bridgehead atoms. The number of hydrogen-bond donors (Lipinski definition) is 1. The van der Waals surface area contributed by atoms with Crippen LogP contribution in [0.5, 0.6) is 0 Å². The molecule has 13 heavy (non-hydrogen) atoms. The second-order valence-electron chi connectivity index (χ2n) is 3.54. The number of piperidine rings is 1. The molecule has 1 aliphatic heterocycles. The Morgan fingerprint density at radius 1 is 1.38 bits per heavy atom. The van der Waals surface area contributed by atoms with Crippen LogP contribution in [0.1, 0.15) is 19.3 Å². The van der Waals surface area contributed by atoms with Crippen LogP contribution in [0, 0.1) is 0 Å². The fourth-order valence-corrected chi connectivity index (χ4v) is 1.62. The Labute approximate surface area is 79.7 Å². The summed E-state index contributed by atoms with van der Waals surface area (Å²) in [6, 6.07) is 0.130. The Kier molecular flexibility index (Phi) is 4.02. The number of carbonyl (C=O) groups excluding carboxylic acids is 1. The highest BCUT2D eigenvalue weighted by Crippen LogP contribution is 2.10. The number of likely N-dealkylation sites (tertiary alicyclic amines) is 1. The summed E-state index contributed by atoms with van der Waals surface area (Å²) >= 11 is 0. The highest BCUT2D eigenvalue weighted by molar-refractivity contribution is 5.74. The minimum absolute atomic E-state index is 0.130. The van der Waals surface area contributed by atoms with Crippen LogP contribution in [0.3, 0.4) is 0 Å². The molecule has 1 saturated heterocycles. The zero-order valence-corrected chi connectivity index (χ0v) is 8.33. The summed E-state index contributed by atoms with van der Waals surface area (Å²) in [4.78, 5) is 15.3. The SMILES string of the molecule is CN(CCN)C(=O)N1CCCCC1. The topological polar surface area (TPSA) is 49.6 Å². The number of carbonyl (C=O) groups is 1. The van der Waals surface area contributed by atoms with Crippen molar-refractivity contribution in [2.75, 3.05) is 33.2 Å². The van der Waals surface area contributed by atoms with Crippen molar-refractivity contribution in [3.63, 3.8) is 0 Å². The normalized spacial score (nSPS) is 17.2. The smallest absolute Gasteiger partial charge is 0.319 e. The zero-order chi connectivity index (χ0) is 9.68. The average molecular weight is 185 g/mol. The van der Waals surface area contributed by atoms with Crippen LogP contribution in [0.2, 0.25) is 0 Å². The first-order chi connectivity index (χ1) is 6.25. The molecular formula is C9H19N3O. The summed E-state index contributed by atoms with van der Waals surface area (Å²) in [5.74, 6) is 0. The molecule has 0 unspecified atom stereocenters. The lowest BCUT2D eigenvalue weighted by molar-refractivity contribution is 0.154. The standard InChI is InChI=1S/C9H19N3O/c1-11(8-5-10)9(13)12-6-3-2-4-7-12/h2-8,10H2,1H3. The molecule has 0 aromatic carbocycles. The second kappa shape index (κ2) is 5.07. The number of rotatable bonds is 2. The van der Waals surface area contributed by atoms with Gasteiger partial charge < -0.3 is 15.5 Å². The van der Waals surface area contributed by atoms with E-state index in [4.69, 9.17) is 5.73 Å². The maximum atomic E-state index is 11.7. The predicted molar refractivity (Wildman–Crippen MR) is 52.5 cm³/mol. The lowest BCUT2D eigenvalue weighted by Gasteiger charge is -2.30. The van der Waals surface area contributed by atoms with Gasteiger partial charge in [-0.15, -0.1) is 0 Å². The molecule has 4 heteroatoms. The largest absolute Gasteiger partial charge is 0.329 e. The van der Waals surface area contributed by atoms with E-state index in [1.54, 1.807) is 4.90 Å². The van der Waals surface area contributed by atoms with Gasteiger partial charge in [-0.3, -0.25) is 0 Å². The van der Waals surface area contributed by atoms with E-state index in [-0.39, 0.29) is 6.03 Å². The van der Waals surface area contributed by atoms with Crippen LogP contribution in [-0.2, 0) is 0 Å². The molecule has 2 amide bonds. The van der Waals surface area contributed by atoms with Gasteiger partial charge in [0.05, 0.1) is 0 Å². The Hall–Kier alpha value is -0.770. The first kappa shape index (κ1) is 10.3. The van der Waals surface area contributed by atoms with Crippen molar-refractivity contribution in [1.82, 2.24) is 9.80 Å². The van der Waals surface area contributed by atoms with Gasteiger partial charge in [0.2, 0.25) is 0 Å². The quantitative estimate of drug-likeness (QED) is 0.680. The van der Waals surface area contributed by atoms with Crippen molar-refractivity contribution >= 4 is 6.03 Å².